The second-order valence-electron chi connectivity index (χ2n) is 9.00. The van der Waals surface area contributed by atoms with Crippen LogP contribution >= 0.6 is 22.7 Å². The molecule has 6 rings (SSSR count). The smallest absolute Gasteiger partial charge is 0.0510 e. The normalized spacial score (nSPS) is 12.4. The Morgan fingerprint density at radius 3 is 1.39 bits per heavy atom. The van der Waals surface area contributed by atoms with Gasteiger partial charge in [-0.1, -0.05) is 48.5 Å². The van der Waals surface area contributed by atoms with Crippen LogP contribution in [0.15, 0.2) is 84.9 Å². The molecule has 0 aliphatic heterocycles. The highest BCUT2D eigenvalue weighted by molar-refractivity contribution is 7.26. The van der Waals surface area contributed by atoms with Crippen molar-refractivity contribution in [2.75, 3.05) is 4.90 Å². The molecule has 2 aromatic heterocycles. The topological polar surface area (TPSA) is 3.24 Å². The molecule has 0 atom stereocenters. The number of fused-ring (bicyclic) bond motifs is 6. The van der Waals surface area contributed by atoms with Crippen molar-refractivity contribution in [2.24, 2.45) is 0 Å². The molecule has 0 radical (unpaired) electrons. The van der Waals surface area contributed by atoms with E-state index >= 15 is 0 Å². The fourth-order valence-electron chi connectivity index (χ4n) is 4.74. The van der Waals surface area contributed by atoms with Crippen molar-refractivity contribution in [3.05, 3.63) is 84.9 Å². The largest absolute Gasteiger partial charge is 0.335 e. The van der Waals surface area contributed by atoms with E-state index in [4.69, 9.17) is 0 Å². The van der Waals surface area contributed by atoms with E-state index in [2.05, 4.69) is 111 Å². The van der Waals surface area contributed by atoms with E-state index in [0.29, 0.717) is 0 Å². The lowest BCUT2D eigenvalue weighted by Crippen LogP contribution is -2.37. The minimum absolute atomic E-state index is 0.0886. The Bertz CT molecular complexity index is 1470. The number of thiophene rings is 2. The van der Waals surface area contributed by atoms with E-state index in [-0.39, 0.29) is 5.54 Å². The van der Waals surface area contributed by atoms with Gasteiger partial charge < -0.3 is 4.90 Å². The van der Waals surface area contributed by atoms with Crippen LogP contribution in [0, 0.1) is 0 Å². The van der Waals surface area contributed by atoms with Gasteiger partial charge >= 0.3 is 0 Å². The van der Waals surface area contributed by atoms with Crippen molar-refractivity contribution in [3.8, 4) is 0 Å². The number of hydrogen-bond donors (Lipinski definition) is 0. The fourth-order valence-corrected chi connectivity index (χ4v) is 6.99. The maximum atomic E-state index is 2.55. The van der Waals surface area contributed by atoms with Crippen molar-refractivity contribution in [3.63, 3.8) is 0 Å². The van der Waals surface area contributed by atoms with Crippen LogP contribution < -0.4 is 4.90 Å². The first-order valence-electron chi connectivity index (χ1n) is 10.6. The molecule has 0 aliphatic carbocycles. The fraction of sp³-hybridized carbons (Fsp3) is 0.143. The molecule has 6 aromatic rings. The molecule has 3 heteroatoms. The molecular formula is C28H23NS2. The van der Waals surface area contributed by atoms with Gasteiger partial charge in [0.05, 0.1) is 11.4 Å². The van der Waals surface area contributed by atoms with E-state index in [1.54, 1.807) is 0 Å². The minimum Gasteiger partial charge on any atom is -0.335 e. The summed E-state index contributed by atoms with van der Waals surface area (Å²) in [4.78, 5) is 2.55. The van der Waals surface area contributed by atoms with Gasteiger partial charge in [0.25, 0.3) is 0 Å². The van der Waals surface area contributed by atoms with Gasteiger partial charge in [-0.3, -0.25) is 0 Å². The third-order valence-electron chi connectivity index (χ3n) is 5.91. The van der Waals surface area contributed by atoms with Gasteiger partial charge in [-0.15, -0.1) is 22.7 Å². The molecule has 0 aliphatic rings. The zero-order chi connectivity index (χ0) is 21.2. The summed E-state index contributed by atoms with van der Waals surface area (Å²) in [6.07, 6.45) is 0. The third-order valence-corrected chi connectivity index (χ3v) is 8.19. The van der Waals surface area contributed by atoms with Gasteiger partial charge in [0, 0.05) is 45.9 Å². The molecule has 0 amide bonds. The lowest BCUT2D eigenvalue weighted by Gasteiger charge is -2.39. The van der Waals surface area contributed by atoms with E-state index in [1.165, 1.54) is 51.7 Å². The van der Waals surface area contributed by atoms with Gasteiger partial charge in [-0.25, -0.2) is 0 Å². The Kier molecular flexibility index (Phi) is 4.14. The Balaban J connectivity index is 1.74. The maximum absolute atomic E-state index is 2.55. The summed E-state index contributed by atoms with van der Waals surface area (Å²) in [6.45, 7) is 6.94. The van der Waals surface area contributed by atoms with E-state index in [1.807, 2.05) is 22.7 Å². The Morgan fingerprint density at radius 1 is 0.516 bits per heavy atom. The number of rotatable bonds is 2. The molecule has 0 unspecified atom stereocenters. The van der Waals surface area contributed by atoms with Gasteiger partial charge in [0.15, 0.2) is 0 Å². The minimum atomic E-state index is -0.0886. The zero-order valence-corrected chi connectivity index (χ0v) is 19.5. The zero-order valence-electron chi connectivity index (χ0n) is 17.8. The SMILES string of the molecule is CC(C)(C)N(c1cccc2sc3ccccc3c12)c1cccc2sc3ccccc3c12. The molecule has 0 fully saturated rings. The molecule has 0 N–H and O–H groups in total. The average molecular weight is 438 g/mol. The highest BCUT2D eigenvalue weighted by atomic mass is 32.1. The summed E-state index contributed by atoms with van der Waals surface area (Å²) in [7, 11) is 0. The lowest BCUT2D eigenvalue weighted by molar-refractivity contribution is 0.563. The molecule has 0 saturated heterocycles. The van der Waals surface area contributed by atoms with Gasteiger partial charge in [0.1, 0.15) is 0 Å². The van der Waals surface area contributed by atoms with Crippen molar-refractivity contribution >= 4 is 74.4 Å². The summed E-state index contributed by atoms with van der Waals surface area (Å²) in [5.74, 6) is 0. The highest BCUT2D eigenvalue weighted by Crippen LogP contribution is 2.48. The molecule has 1 nitrogen and oxygen atoms in total. The van der Waals surface area contributed by atoms with Crippen LogP contribution in [0.2, 0.25) is 0 Å². The summed E-state index contributed by atoms with van der Waals surface area (Å²) in [5, 5.41) is 5.40. The summed E-state index contributed by atoms with van der Waals surface area (Å²) in [6, 6.07) is 31.1. The van der Waals surface area contributed by atoms with Crippen LogP contribution in [0.5, 0.6) is 0 Å². The summed E-state index contributed by atoms with van der Waals surface area (Å²) in [5.41, 5.74) is 2.48. The van der Waals surface area contributed by atoms with Crippen LogP contribution in [0.1, 0.15) is 20.8 Å². The molecule has 4 aromatic carbocycles. The lowest BCUT2D eigenvalue weighted by atomic mass is 9.99. The Morgan fingerprint density at radius 2 is 0.935 bits per heavy atom. The molecule has 152 valence electrons. The average Bonchev–Trinajstić information content (AvgIpc) is 3.32. The monoisotopic (exact) mass is 437 g/mol. The quantitative estimate of drug-likeness (QED) is 0.261. The van der Waals surface area contributed by atoms with Crippen LogP contribution in [0.4, 0.5) is 11.4 Å². The first-order chi connectivity index (χ1) is 15.0. The number of benzene rings is 4. The van der Waals surface area contributed by atoms with Crippen LogP contribution in [0.25, 0.3) is 40.3 Å². The summed E-state index contributed by atoms with van der Waals surface area (Å²) < 4.78 is 5.38. The summed E-state index contributed by atoms with van der Waals surface area (Å²) >= 11 is 3.76. The van der Waals surface area contributed by atoms with Crippen LogP contribution in [-0.2, 0) is 0 Å². The van der Waals surface area contributed by atoms with Crippen molar-refractivity contribution in [1.29, 1.82) is 0 Å². The standard InChI is InChI=1S/C28H23NS2/c1-28(2,3)29(20-12-8-16-24-26(20)18-10-4-6-14-22(18)30-24)21-13-9-17-25-27(21)19-11-5-7-15-23(19)31-25/h4-17H,1-3H3. The molecular weight excluding hydrogens is 414 g/mol. The predicted molar refractivity (Wildman–Crippen MR) is 141 cm³/mol. The van der Waals surface area contributed by atoms with E-state index in [9.17, 15) is 0 Å². The first-order valence-corrected chi connectivity index (χ1v) is 12.3. The van der Waals surface area contributed by atoms with E-state index < -0.39 is 0 Å². The number of anilines is 2. The second-order valence-corrected chi connectivity index (χ2v) is 11.2. The van der Waals surface area contributed by atoms with Gasteiger partial charge in [-0.05, 0) is 57.2 Å². The number of nitrogens with zero attached hydrogens (tertiary/aromatic N) is 1. The molecule has 0 spiro atoms. The Labute approximate surface area is 190 Å². The molecule has 2 heterocycles. The van der Waals surface area contributed by atoms with Crippen molar-refractivity contribution in [1.82, 2.24) is 0 Å². The second kappa shape index (κ2) is 6.81. The molecule has 0 bridgehead atoms. The van der Waals surface area contributed by atoms with E-state index in [0.717, 1.165) is 0 Å². The predicted octanol–water partition coefficient (Wildman–Crippen LogP) is 9.36. The van der Waals surface area contributed by atoms with Gasteiger partial charge in [0.2, 0.25) is 0 Å². The van der Waals surface area contributed by atoms with Gasteiger partial charge in [-0.2, -0.15) is 0 Å². The highest BCUT2D eigenvalue weighted by Gasteiger charge is 2.28. The third kappa shape index (κ3) is 2.88. The molecule has 31 heavy (non-hydrogen) atoms. The Hall–Kier alpha value is -2.88. The maximum Gasteiger partial charge on any atom is 0.0510 e. The molecule has 0 saturated carbocycles. The van der Waals surface area contributed by atoms with Crippen LogP contribution in [0.3, 0.4) is 0 Å². The van der Waals surface area contributed by atoms with Crippen molar-refractivity contribution < 1.29 is 0 Å². The van der Waals surface area contributed by atoms with Crippen molar-refractivity contribution in [2.45, 2.75) is 26.3 Å². The number of hydrogen-bond acceptors (Lipinski definition) is 3. The van der Waals surface area contributed by atoms with Crippen LogP contribution in [-0.4, -0.2) is 5.54 Å². The first kappa shape index (κ1) is 18.9.